The van der Waals surface area contributed by atoms with E-state index >= 15 is 0 Å². The molecule has 3 rings (SSSR count). The summed E-state index contributed by atoms with van der Waals surface area (Å²) in [7, 11) is -5.69. The van der Waals surface area contributed by atoms with Gasteiger partial charge in [0.05, 0.1) is 4.75 Å². The third-order valence-electron chi connectivity index (χ3n) is 7.37. The summed E-state index contributed by atoms with van der Waals surface area (Å²) in [6.07, 6.45) is 1.24. The lowest BCUT2D eigenvalue weighted by molar-refractivity contribution is -0.138. The summed E-state index contributed by atoms with van der Waals surface area (Å²) >= 11 is 0. The van der Waals surface area contributed by atoms with Crippen LogP contribution >= 0.6 is 7.37 Å². The molecule has 2 N–H and O–H groups in total. The van der Waals surface area contributed by atoms with Crippen molar-refractivity contribution < 1.29 is 37.4 Å². The van der Waals surface area contributed by atoms with Gasteiger partial charge in [0.1, 0.15) is 18.2 Å². The van der Waals surface area contributed by atoms with Crippen molar-refractivity contribution in [3.63, 3.8) is 0 Å². The Morgan fingerprint density at radius 2 is 1.26 bits per heavy atom. The Kier molecular flexibility index (Phi) is 23.4. The number of hydrogen-bond donors (Lipinski definition) is 2. The highest BCUT2D eigenvalue weighted by Gasteiger charge is 2.28. The Morgan fingerprint density at radius 1 is 0.825 bits per heavy atom. The lowest BCUT2D eigenvalue weighted by Crippen LogP contribution is -2.26. The van der Waals surface area contributed by atoms with Crippen LogP contribution in [0.25, 0.3) is 0 Å². The molecule has 0 saturated carbocycles. The molecule has 2 aromatic heterocycles. The van der Waals surface area contributed by atoms with Crippen LogP contribution in [0.2, 0.25) is 0 Å². The van der Waals surface area contributed by atoms with Gasteiger partial charge in [0, 0.05) is 40.2 Å². The van der Waals surface area contributed by atoms with Crippen molar-refractivity contribution in [3.8, 4) is 0 Å². The van der Waals surface area contributed by atoms with Gasteiger partial charge in [0.25, 0.3) is 0 Å². The van der Waals surface area contributed by atoms with Gasteiger partial charge in [-0.05, 0) is 50.3 Å². The number of aliphatic carboxylic acids is 1. The van der Waals surface area contributed by atoms with E-state index < -0.39 is 33.1 Å². The smallest absolute Gasteiger partial charge is 0.327 e. The largest absolute Gasteiger partial charge is 0.480 e. The zero-order chi connectivity index (χ0) is 46.2. The van der Waals surface area contributed by atoms with Gasteiger partial charge in [-0.15, -0.1) is 20.4 Å². The number of amidine groups is 1. The van der Waals surface area contributed by atoms with Gasteiger partial charge in [-0.25, -0.2) is 18.1 Å². The third-order valence-corrected chi connectivity index (χ3v) is 12.1. The van der Waals surface area contributed by atoms with Crippen molar-refractivity contribution in [2.45, 2.75) is 165 Å². The van der Waals surface area contributed by atoms with Crippen molar-refractivity contribution in [1.82, 2.24) is 40.4 Å². The number of carboxylic acids is 1. The fourth-order valence-electron chi connectivity index (χ4n) is 2.33. The van der Waals surface area contributed by atoms with Crippen LogP contribution in [-0.4, -0.2) is 112 Å². The molecule has 0 amide bonds. The normalized spacial score (nSPS) is 14.0. The molecule has 57 heavy (non-hydrogen) atoms. The number of sulfone groups is 1. The summed E-state index contributed by atoms with van der Waals surface area (Å²) in [4.78, 5) is 45.6. The standard InChI is InChI=1S/C8H14N4O.C7H12N4O2.C6H12O.C5H9N3.C5H13O2P.C5H12O2S/c1-6(13)5-12-7(8(2,3)4)9-10-11-12;1-7(2,3)6-8-10-11(9-6)4-5(12)13;1-5(7)6(2,3)4;1-4(2)5-6-3-7-8-5;2*1-5(2,3)8(4,6)7/h5H2,1-4H3;4H2,1-3H3,(H,12,13);1-4H3;4H,3H2,1-2H3;1-4H3,(H,6,7);1-4H3. The summed E-state index contributed by atoms with van der Waals surface area (Å²) in [5, 5.41) is 38.0. The van der Waals surface area contributed by atoms with Crippen molar-refractivity contribution in [3.05, 3.63) is 11.6 Å². The Balaban J connectivity index is -0.000000626. The fraction of sp³-hybridized carbons (Fsp3) is 0.833. The molecule has 21 heteroatoms. The van der Waals surface area contributed by atoms with E-state index in [4.69, 9.17) is 10.00 Å². The second-order valence-corrected chi connectivity index (χ2v) is 24.6. The molecular weight excluding hydrogens is 778 g/mol. The van der Waals surface area contributed by atoms with E-state index in [1.54, 1.807) is 53.1 Å². The fourth-order valence-corrected chi connectivity index (χ4v) is 2.33. The van der Waals surface area contributed by atoms with Crippen LogP contribution in [0.5, 0.6) is 0 Å². The van der Waals surface area contributed by atoms with Crippen LogP contribution < -0.4 is 0 Å². The van der Waals surface area contributed by atoms with Gasteiger partial charge in [0.15, 0.2) is 40.5 Å². The number of tetrazole rings is 2. The highest BCUT2D eigenvalue weighted by atomic mass is 32.2. The minimum Gasteiger partial charge on any atom is -0.480 e. The number of carboxylic acid groups (broad SMARTS) is 1. The van der Waals surface area contributed by atoms with E-state index in [-0.39, 0.29) is 40.9 Å². The molecule has 0 spiro atoms. The van der Waals surface area contributed by atoms with Crippen LogP contribution in [0, 0.1) is 11.3 Å². The van der Waals surface area contributed by atoms with E-state index in [0.717, 1.165) is 16.5 Å². The summed E-state index contributed by atoms with van der Waals surface area (Å²) in [5.74, 6) is 1.92. The molecule has 1 aliphatic rings. The van der Waals surface area contributed by atoms with E-state index in [1.165, 1.54) is 19.8 Å². The predicted octanol–water partition coefficient (Wildman–Crippen LogP) is 6.22. The average molecular weight is 850 g/mol. The molecule has 330 valence electrons. The average Bonchev–Trinajstić information content (AvgIpc) is 3.74. The highest BCUT2D eigenvalue weighted by molar-refractivity contribution is 7.92. The number of hydrogen-bond acceptors (Lipinski definition) is 15. The SMILES string of the molecule is CC(=O)C(C)(C)C.CC(=O)Cn1nnnc1C(C)(C)C.CC(C)(C)P(C)(=O)O.CC(C)(C)S(C)(=O)=O.CC(C)(C)c1nnn(CC(=O)O)n1.CC(C)C1=NCN=N1. The lowest BCUT2D eigenvalue weighted by Gasteiger charge is -2.21. The maximum Gasteiger partial charge on any atom is 0.327 e. The molecule has 1 atom stereocenters. The van der Waals surface area contributed by atoms with Crippen molar-refractivity contribution >= 4 is 40.6 Å². The Labute approximate surface area is 340 Å². The van der Waals surface area contributed by atoms with Gasteiger partial charge >= 0.3 is 5.97 Å². The second-order valence-electron chi connectivity index (χ2n) is 18.7. The van der Waals surface area contributed by atoms with Crippen LogP contribution in [0.15, 0.2) is 15.2 Å². The maximum atomic E-state index is 10.9. The number of rotatable bonds is 5. The van der Waals surface area contributed by atoms with Gasteiger partial charge < -0.3 is 10.00 Å². The zero-order valence-corrected chi connectivity index (χ0v) is 40.0. The molecule has 0 radical (unpaired) electrons. The molecule has 19 nitrogen and oxygen atoms in total. The molecule has 3 heterocycles. The first kappa shape index (κ1) is 57.7. The highest BCUT2D eigenvalue weighted by Crippen LogP contribution is 2.49. The van der Waals surface area contributed by atoms with Gasteiger partial charge in [-0.2, -0.15) is 9.91 Å². The number of ketones is 2. The summed E-state index contributed by atoms with van der Waals surface area (Å²) in [6.45, 7) is 37.1. The van der Waals surface area contributed by atoms with E-state index in [1.807, 2.05) is 62.3 Å². The van der Waals surface area contributed by atoms with Crippen molar-refractivity contribution in [2.75, 3.05) is 19.6 Å². The number of aliphatic imine (C=N–C) groups is 1. The topological polar surface area (TPSA) is 267 Å². The van der Waals surface area contributed by atoms with E-state index in [9.17, 15) is 27.4 Å². The van der Waals surface area contributed by atoms with E-state index in [0.29, 0.717) is 18.4 Å². The molecule has 0 aliphatic carbocycles. The molecule has 0 aromatic carbocycles. The Bertz CT molecular complexity index is 1780. The summed E-state index contributed by atoms with van der Waals surface area (Å²) < 4.78 is 33.1. The molecule has 1 unspecified atom stereocenters. The summed E-state index contributed by atoms with van der Waals surface area (Å²) in [6, 6.07) is 0. The maximum absolute atomic E-state index is 10.9. The molecule has 0 saturated heterocycles. The quantitative estimate of drug-likeness (QED) is 0.317. The molecular formula is C36H72N11O8PS. The number of carbonyl (C=O) groups excluding carboxylic acids is 2. The lowest BCUT2D eigenvalue weighted by atomic mass is 9.92. The molecule has 0 bridgehead atoms. The Morgan fingerprint density at radius 3 is 1.49 bits per heavy atom. The molecule has 0 fully saturated rings. The number of carbonyl (C=O) groups is 3. The van der Waals surface area contributed by atoms with Crippen molar-refractivity contribution in [2.24, 2.45) is 26.6 Å². The molecule has 1 aliphatic heterocycles. The monoisotopic (exact) mass is 850 g/mol. The van der Waals surface area contributed by atoms with E-state index in [2.05, 4.69) is 60.0 Å². The number of Topliss-reactive ketones (excluding diaryl/α,β-unsaturated/α-hetero) is 2. The summed E-state index contributed by atoms with van der Waals surface area (Å²) in [5.41, 5.74) is -0.463. The first-order valence-electron chi connectivity index (χ1n) is 18.2. The number of nitrogens with zero attached hydrogens (tertiary/aromatic N) is 11. The first-order chi connectivity index (χ1) is 25.1. The van der Waals surface area contributed by atoms with Crippen LogP contribution in [0.1, 0.15) is 143 Å². The van der Waals surface area contributed by atoms with Crippen molar-refractivity contribution in [1.29, 1.82) is 0 Å². The number of aromatic nitrogens is 8. The number of azo groups is 1. The first-order valence-corrected chi connectivity index (χ1v) is 22.2. The minimum absolute atomic E-state index is 0.0535. The second kappa shape index (κ2) is 23.1. The zero-order valence-electron chi connectivity index (χ0n) is 38.3. The third kappa shape index (κ3) is 26.8. The van der Waals surface area contributed by atoms with Gasteiger partial charge in [-0.1, -0.05) is 96.9 Å². The van der Waals surface area contributed by atoms with Crippen LogP contribution in [0.4, 0.5) is 0 Å². The minimum atomic E-state index is -2.85. The molecule has 2 aromatic rings. The Hall–Kier alpha value is -3.64. The van der Waals surface area contributed by atoms with Crippen LogP contribution in [0.3, 0.4) is 0 Å². The van der Waals surface area contributed by atoms with Gasteiger partial charge in [-0.3, -0.25) is 18.9 Å². The van der Waals surface area contributed by atoms with Gasteiger partial charge in [0.2, 0.25) is 7.37 Å². The van der Waals surface area contributed by atoms with Crippen LogP contribution in [-0.2, 0) is 52.7 Å². The predicted molar refractivity (Wildman–Crippen MR) is 224 cm³/mol.